The Morgan fingerprint density at radius 2 is 1.86 bits per heavy atom. The maximum atomic E-state index is 14.0. The van der Waals surface area contributed by atoms with Crippen LogP contribution in [-0.2, 0) is 0 Å². The predicted octanol–water partition coefficient (Wildman–Crippen LogP) is 4.31. The molecule has 0 amide bonds. The summed E-state index contributed by atoms with van der Waals surface area (Å²) in [6, 6.07) is 7.78. The van der Waals surface area contributed by atoms with Gasteiger partial charge in [0.2, 0.25) is 10.5 Å². The highest BCUT2D eigenvalue weighted by molar-refractivity contribution is 7.71. The van der Waals surface area contributed by atoms with Crippen LogP contribution in [0, 0.1) is 10.6 Å². The topological polar surface area (TPSA) is 73.7 Å². The fourth-order valence-electron chi connectivity index (χ4n) is 2.55. The zero-order valence-electron chi connectivity index (χ0n) is 15.2. The molecule has 2 aromatic carbocycles. The Balaban J connectivity index is 2.12. The van der Waals surface area contributed by atoms with Crippen molar-refractivity contribution >= 4 is 30.0 Å². The van der Waals surface area contributed by atoms with Crippen molar-refractivity contribution in [3.8, 4) is 28.6 Å². The number of nitrogens with one attached hydrogen (secondary N) is 1. The van der Waals surface area contributed by atoms with Crippen molar-refractivity contribution in [2.45, 2.75) is 0 Å². The SMILES string of the molecule is COc1cc(-c2n[nH]c(=S)n2/N=C/c2c(F)cccc2Cl)cc(OC)c1OC. The maximum Gasteiger partial charge on any atom is 0.216 e. The third-order valence-electron chi connectivity index (χ3n) is 3.88. The quantitative estimate of drug-likeness (QED) is 0.473. The Bertz CT molecular complexity index is 1050. The van der Waals surface area contributed by atoms with Gasteiger partial charge in [-0.1, -0.05) is 17.7 Å². The monoisotopic (exact) mass is 422 g/mol. The lowest BCUT2D eigenvalue weighted by atomic mass is 10.1. The van der Waals surface area contributed by atoms with Gasteiger partial charge in [0.05, 0.1) is 32.6 Å². The van der Waals surface area contributed by atoms with Gasteiger partial charge in [-0.25, -0.2) is 9.49 Å². The molecule has 0 aliphatic rings. The van der Waals surface area contributed by atoms with Gasteiger partial charge in [0, 0.05) is 11.1 Å². The number of aromatic amines is 1. The van der Waals surface area contributed by atoms with Crippen molar-refractivity contribution in [2.75, 3.05) is 21.3 Å². The van der Waals surface area contributed by atoms with Crippen LogP contribution >= 0.6 is 23.8 Å². The molecule has 10 heteroatoms. The van der Waals surface area contributed by atoms with Crippen molar-refractivity contribution in [3.63, 3.8) is 0 Å². The number of H-pyrrole nitrogens is 1. The number of halogens is 2. The molecule has 0 aliphatic heterocycles. The number of aromatic nitrogens is 3. The van der Waals surface area contributed by atoms with E-state index in [9.17, 15) is 4.39 Å². The molecule has 146 valence electrons. The summed E-state index contributed by atoms with van der Waals surface area (Å²) in [6.07, 6.45) is 1.28. The van der Waals surface area contributed by atoms with Crippen molar-refractivity contribution < 1.29 is 18.6 Å². The van der Waals surface area contributed by atoms with Crippen LogP contribution in [0.3, 0.4) is 0 Å². The Kier molecular flexibility index (Phi) is 5.96. The van der Waals surface area contributed by atoms with Crippen molar-refractivity contribution in [3.05, 3.63) is 51.5 Å². The maximum absolute atomic E-state index is 14.0. The minimum Gasteiger partial charge on any atom is -0.493 e. The fraction of sp³-hybridized carbons (Fsp3) is 0.167. The largest absolute Gasteiger partial charge is 0.493 e. The fourth-order valence-corrected chi connectivity index (χ4v) is 2.94. The van der Waals surface area contributed by atoms with Crippen LogP contribution in [-0.4, -0.2) is 42.4 Å². The molecule has 0 saturated carbocycles. The first kappa shape index (κ1) is 19.8. The molecule has 7 nitrogen and oxygen atoms in total. The van der Waals surface area contributed by atoms with Gasteiger partial charge >= 0.3 is 0 Å². The van der Waals surface area contributed by atoms with E-state index in [0.29, 0.717) is 28.6 Å². The minimum absolute atomic E-state index is 0.142. The van der Waals surface area contributed by atoms with E-state index in [1.165, 1.54) is 44.4 Å². The zero-order chi connectivity index (χ0) is 20.3. The zero-order valence-corrected chi connectivity index (χ0v) is 16.8. The van der Waals surface area contributed by atoms with E-state index in [0.717, 1.165) is 0 Å². The molecule has 0 atom stereocenters. The second-order valence-electron chi connectivity index (χ2n) is 5.46. The first-order valence-electron chi connectivity index (χ1n) is 7.96. The second-order valence-corrected chi connectivity index (χ2v) is 6.25. The van der Waals surface area contributed by atoms with E-state index in [1.807, 2.05) is 0 Å². The highest BCUT2D eigenvalue weighted by atomic mass is 35.5. The summed E-state index contributed by atoms with van der Waals surface area (Å²) in [7, 11) is 4.53. The molecule has 0 fully saturated rings. The molecule has 1 N–H and O–H groups in total. The normalized spacial score (nSPS) is 11.0. The molecule has 0 aliphatic carbocycles. The number of methoxy groups -OCH3 is 3. The summed E-state index contributed by atoms with van der Waals surface area (Å²) in [5.41, 5.74) is 0.738. The number of benzene rings is 2. The average molecular weight is 423 g/mol. The van der Waals surface area contributed by atoms with Gasteiger partial charge in [-0.05, 0) is 36.5 Å². The smallest absolute Gasteiger partial charge is 0.216 e. The van der Waals surface area contributed by atoms with Gasteiger partial charge in [0.1, 0.15) is 5.82 Å². The van der Waals surface area contributed by atoms with Crippen molar-refractivity contribution in [1.82, 2.24) is 14.9 Å². The van der Waals surface area contributed by atoms with E-state index in [2.05, 4.69) is 15.3 Å². The first-order valence-corrected chi connectivity index (χ1v) is 8.75. The lowest BCUT2D eigenvalue weighted by molar-refractivity contribution is 0.324. The van der Waals surface area contributed by atoms with Gasteiger partial charge < -0.3 is 14.2 Å². The van der Waals surface area contributed by atoms with Gasteiger partial charge in [-0.2, -0.15) is 14.9 Å². The highest BCUT2D eigenvalue weighted by Crippen LogP contribution is 2.40. The third-order valence-corrected chi connectivity index (χ3v) is 4.47. The summed E-state index contributed by atoms with van der Waals surface area (Å²) in [5, 5.41) is 11.3. The molecule has 0 bridgehead atoms. The molecular weight excluding hydrogens is 407 g/mol. The summed E-state index contributed by atoms with van der Waals surface area (Å²) in [4.78, 5) is 0. The van der Waals surface area contributed by atoms with E-state index in [4.69, 9.17) is 38.0 Å². The second kappa shape index (κ2) is 8.41. The number of hydrogen-bond acceptors (Lipinski definition) is 6. The molecule has 0 spiro atoms. The Hall–Kier alpha value is -2.91. The lowest BCUT2D eigenvalue weighted by Gasteiger charge is -2.13. The summed E-state index contributed by atoms with van der Waals surface area (Å²) in [6.45, 7) is 0. The Morgan fingerprint density at radius 1 is 1.18 bits per heavy atom. The van der Waals surface area contributed by atoms with E-state index < -0.39 is 5.82 Å². The van der Waals surface area contributed by atoms with Crippen LogP contribution in [0.5, 0.6) is 17.2 Å². The van der Waals surface area contributed by atoms with Crippen LogP contribution in [0.4, 0.5) is 4.39 Å². The minimum atomic E-state index is -0.499. The molecule has 0 unspecified atom stereocenters. The molecule has 1 aromatic heterocycles. The van der Waals surface area contributed by atoms with Crippen LogP contribution < -0.4 is 14.2 Å². The van der Waals surface area contributed by atoms with Crippen LogP contribution in [0.25, 0.3) is 11.4 Å². The van der Waals surface area contributed by atoms with Crippen molar-refractivity contribution in [1.29, 1.82) is 0 Å². The number of ether oxygens (including phenoxy) is 3. The molecule has 1 heterocycles. The van der Waals surface area contributed by atoms with E-state index >= 15 is 0 Å². The van der Waals surface area contributed by atoms with Crippen LogP contribution in [0.2, 0.25) is 5.02 Å². The molecule has 3 aromatic rings. The van der Waals surface area contributed by atoms with Gasteiger partial charge in [-0.15, -0.1) is 0 Å². The third kappa shape index (κ3) is 3.71. The van der Waals surface area contributed by atoms with Gasteiger partial charge in [0.15, 0.2) is 17.3 Å². The lowest BCUT2D eigenvalue weighted by Crippen LogP contribution is -1.99. The number of hydrogen-bond donors (Lipinski definition) is 1. The number of nitrogens with zero attached hydrogens (tertiary/aromatic N) is 3. The summed E-state index contributed by atoms with van der Waals surface area (Å²) in [5.74, 6) is 1.20. The number of rotatable bonds is 6. The molecule has 3 rings (SSSR count). The molecule has 0 radical (unpaired) electrons. The molecular formula is C18H16ClFN4O3S. The molecule has 0 saturated heterocycles. The standard InChI is InChI=1S/C18H16ClFN4O3S/c1-25-14-7-10(8-15(26-2)16(14)27-3)17-22-23-18(28)24(17)21-9-11-12(19)5-4-6-13(11)20/h4-9H,1-3H3,(H,23,28)/b21-9+. The highest BCUT2D eigenvalue weighted by Gasteiger charge is 2.17. The average Bonchev–Trinajstić information content (AvgIpc) is 3.06. The van der Waals surface area contributed by atoms with Gasteiger partial charge in [-0.3, -0.25) is 0 Å². The molecule has 28 heavy (non-hydrogen) atoms. The van der Waals surface area contributed by atoms with Gasteiger partial charge in [0.25, 0.3) is 0 Å². The predicted molar refractivity (Wildman–Crippen MR) is 107 cm³/mol. The summed E-state index contributed by atoms with van der Waals surface area (Å²) >= 11 is 11.3. The first-order chi connectivity index (χ1) is 13.5. The summed E-state index contributed by atoms with van der Waals surface area (Å²) < 4.78 is 31.6. The van der Waals surface area contributed by atoms with E-state index in [-0.39, 0.29) is 15.4 Å². The van der Waals surface area contributed by atoms with Crippen molar-refractivity contribution in [2.24, 2.45) is 5.10 Å². The Labute approximate surface area is 170 Å². The van der Waals surface area contributed by atoms with E-state index in [1.54, 1.807) is 18.2 Å². The van der Waals surface area contributed by atoms with Crippen LogP contribution in [0.1, 0.15) is 5.56 Å². The van der Waals surface area contributed by atoms with Crippen LogP contribution in [0.15, 0.2) is 35.4 Å². The Morgan fingerprint density at radius 3 is 2.43 bits per heavy atom.